The summed E-state index contributed by atoms with van der Waals surface area (Å²) >= 11 is 0. The van der Waals surface area contributed by atoms with Crippen LogP contribution in [0.15, 0.2) is 53.3 Å². The Bertz CT molecular complexity index is 851. The van der Waals surface area contributed by atoms with E-state index < -0.39 is 0 Å². The summed E-state index contributed by atoms with van der Waals surface area (Å²) in [6.07, 6.45) is 0.967. The normalized spacial score (nSPS) is 10.8. The molecule has 4 nitrogen and oxygen atoms in total. The first-order chi connectivity index (χ1) is 10.7. The molecule has 0 amide bonds. The van der Waals surface area contributed by atoms with Gasteiger partial charge in [0.1, 0.15) is 11.6 Å². The van der Waals surface area contributed by atoms with Crippen molar-refractivity contribution in [1.29, 1.82) is 0 Å². The van der Waals surface area contributed by atoms with Gasteiger partial charge in [0.25, 0.3) is 5.56 Å². The second kappa shape index (κ2) is 6.02. The molecule has 22 heavy (non-hydrogen) atoms. The standard InChI is InChI=1S/C18H18N2O2/c1-3-12-22-15-10-8-14(9-11-15)20-13(2)19-17-7-5-4-6-16(17)18(20)21/h4-11H,3,12H2,1-2H3. The van der Waals surface area contributed by atoms with Crippen molar-refractivity contribution in [2.24, 2.45) is 0 Å². The van der Waals surface area contributed by atoms with Gasteiger partial charge in [-0.05, 0) is 49.7 Å². The predicted octanol–water partition coefficient (Wildman–Crippen LogP) is 3.48. The van der Waals surface area contributed by atoms with Crippen LogP contribution in [0.3, 0.4) is 0 Å². The van der Waals surface area contributed by atoms with E-state index in [1.54, 1.807) is 10.6 Å². The monoisotopic (exact) mass is 294 g/mol. The SMILES string of the molecule is CCCOc1ccc(-n2c(C)nc3ccccc3c2=O)cc1. The van der Waals surface area contributed by atoms with Crippen molar-refractivity contribution < 1.29 is 4.74 Å². The van der Waals surface area contributed by atoms with Gasteiger partial charge in [-0.1, -0.05) is 19.1 Å². The summed E-state index contributed by atoms with van der Waals surface area (Å²) in [4.78, 5) is 17.2. The maximum atomic E-state index is 12.7. The maximum absolute atomic E-state index is 12.7. The average Bonchev–Trinajstić information content (AvgIpc) is 2.54. The van der Waals surface area contributed by atoms with E-state index in [0.29, 0.717) is 17.8 Å². The van der Waals surface area contributed by atoms with Crippen LogP contribution in [0, 0.1) is 6.92 Å². The molecule has 0 aliphatic carbocycles. The van der Waals surface area contributed by atoms with Gasteiger partial charge in [0, 0.05) is 0 Å². The molecule has 1 aromatic heterocycles. The summed E-state index contributed by atoms with van der Waals surface area (Å²) in [7, 11) is 0. The Balaban J connectivity index is 2.08. The van der Waals surface area contributed by atoms with E-state index >= 15 is 0 Å². The molecule has 3 aromatic rings. The average molecular weight is 294 g/mol. The predicted molar refractivity (Wildman–Crippen MR) is 87.9 cm³/mol. The molecule has 0 radical (unpaired) electrons. The first-order valence-corrected chi connectivity index (χ1v) is 7.42. The molecule has 1 heterocycles. The molecule has 0 bridgehead atoms. The number of aryl methyl sites for hydroxylation is 1. The van der Waals surface area contributed by atoms with Gasteiger partial charge in [0.2, 0.25) is 0 Å². The lowest BCUT2D eigenvalue weighted by atomic mass is 10.2. The molecule has 3 rings (SSSR count). The highest BCUT2D eigenvalue weighted by molar-refractivity contribution is 5.77. The van der Waals surface area contributed by atoms with Crippen LogP contribution in [0.1, 0.15) is 19.2 Å². The van der Waals surface area contributed by atoms with E-state index in [1.165, 1.54) is 0 Å². The summed E-state index contributed by atoms with van der Waals surface area (Å²) in [5.74, 6) is 1.48. The highest BCUT2D eigenvalue weighted by Gasteiger charge is 2.09. The van der Waals surface area contributed by atoms with Crippen molar-refractivity contribution >= 4 is 10.9 Å². The number of hydrogen-bond acceptors (Lipinski definition) is 3. The van der Waals surface area contributed by atoms with E-state index in [0.717, 1.165) is 23.4 Å². The van der Waals surface area contributed by atoms with Gasteiger partial charge in [0.15, 0.2) is 0 Å². The molecule has 0 saturated heterocycles. The Hall–Kier alpha value is -2.62. The summed E-state index contributed by atoms with van der Waals surface area (Å²) in [6.45, 7) is 4.60. The second-order valence-electron chi connectivity index (χ2n) is 5.16. The fraction of sp³-hybridized carbons (Fsp3) is 0.222. The van der Waals surface area contributed by atoms with Crippen molar-refractivity contribution in [3.05, 3.63) is 64.7 Å². The van der Waals surface area contributed by atoms with Crippen molar-refractivity contribution in [2.45, 2.75) is 20.3 Å². The molecular weight excluding hydrogens is 276 g/mol. The zero-order valence-electron chi connectivity index (χ0n) is 12.7. The van der Waals surface area contributed by atoms with Gasteiger partial charge < -0.3 is 4.74 Å². The lowest BCUT2D eigenvalue weighted by Gasteiger charge is -2.11. The third kappa shape index (κ3) is 2.60. The van der Waals surface area contributed by atoms with Gasteiger partial charge >= 0.3 is 0 Å². The number of hydrogen-bond donors (Lipinski definition) is 0. The Morgan fingerprint density at radius 1 is 1.09 bits per heavy atom. The highest BCUT2D eigenvalue weighted by Crippen LogP contribution is 2.17. The molecule has 0 spiro atoms. The van der Waals surface area contributed by atoms with Crippen LogP contribution in [0.2, 0.25) is 0 Å². The maximum Gasteiger partial charge on any atom is 0.265 e. The number of para-hydroxylation sites is 1. The largest absolute Gasteiger partial charge is 0.494 e. The molecular formula is C18H18N2O2. The molecule has 0 saturated carbocycles. The fourth-order valence-electron chi connectivity index (χ4n) is 2.46. The third-order valence-corrected chi connectivity index (χ3v) is 3.51. The molecule has 0 fully saturated rings. The topological polar surface area (TPSA) is 44.1 Å². The smallest absolute Gasteiger partial charge is 0.265 e. The van der Waals surface area contributed by atoms with Crippen LogP contribution in [0.5, 0.6) is 5.75 Å². The van der Waals surface area contributed by atoms with E-state index in [1.807, 2.05) is 49.4 Å². The molecule has 0 atom stereocenters. The Morgan fingerprint density at radius 3 is 2.55 bits per heavy atom. The number of fused-ring (bicyclic) bond motifs is 1. The second-order valence-corrected chi connectivity index (χ2v) is 5.16. The van der Waals surface area contributed by atoms with Crippen LogP contribution >= 0.6 is 0 Å². The minimum Gasteiger partial charge on any atom is -0.494 e. The quantitative estimate of drug-likeness (QED) is 0.740. The number of aromatic nitrogens is 2. The number of nitrogens with zero attached hydrogens (tertiary/aromatic N) is 2. The van der Waals surface area contributed by atoms with Gasteiger partial charge in [-0.3, -0.25) is 9.36 Å². The minimum absolute atomic E-state index is 0.0506. The van der Waals surface area contributed by atoms with Crippen LogP contribution in [-0.2, 0) is 0 Å². The molecule has 112 valence electrons. The van der Waals surface area contributed by atoms with Crippen LogP contribution in [-0.4, -0.2) is 16.2 Å². The van der Waals surface area contributed by atoms with E-state index in [2.05, 4.69) is 11.9 Å². The molecule has 4 heteroatoms. The lowest BCUT2D eigenvalue weighted by molar-refractivity contribution is 0.317. The van der Waals surface area contributed by atoms with Gasteiger partial charge in [-0.25, -0.2) is 4.98 Å². The lowest BCUT2D eigenvalue weighted by Crippen LogP contribution is -2.22. The van der Waals surface area contributed by atoms with Crippen molar-refractivity contribution in [1.82, 2.24) is 9.55 Å². The van der Waals surface area contributed by atoms with E-state index in [-0.39, 0.29) is 5.56 Å². The summed E-state index contributed by atoms with van der Waals surface area (Å²) in [5.41, 5.74) is 1.47. The summed E-state index contributed by atoms with van der Waals surface area (Å²) in [6, 6.07) is 14.9. The number of ether oxygens (including phenoxy) is 1. The van der Waals surface area contributed by atoms with E-state index in [9.17, 15) is 4.79 Å². The molecule has 0 unspecified atom stereocenters. The number of rotatable bonds is 4. The van der Waals surface area contributed by atoms with Gasteiger partial charge in [-0.2, -0.15) is 0 Å². The first kappa shape index (κ1) is 14.3. The van der Waals surface area contributed by atoms with Crippen LogP contribution < -0.4 is 10.3 Å². The molecule has 0 aliphatic rings. The minimum atomic E-state index is -0.0506. The Kier molecular flexibility index (Phi) is 3.92. The summed E-state index contributed by atoms with van der Waals surface area (Å²) in [5, 5.41) is 0.624. The fourth-order valence-corrected chi connectivity index (χ4v) is 2.46. The first-order valence-electron chi connectivity index (χ1n) is 7.42. The summed E-state index contributed by atoms with van der Waals surface area (Å²) < 4.78 is 7.20. The van der Waals surface area contributed by atoms with Gasteiger partial charge in [0.05, 0.1) is 23.2 Å². The Morgan fingerprint density at radius 2 is 1.82 bits per heavy atom. The third-order valence-electron chi connectivity index (χ3n) is 3.51. The number of benzene rings is 2. The van der Waals surface area contributed by atoms with Gasteiger partial charge in [-0.15, -0.1) is 0 Å². The molecule has 0 N–H and O–H groups in total. The highest BCUT2D eigenvalue weighted by atomic mass is 16.5. The van der Waals surface area contributed by atoms with Crippen LogP contribution in [0.4, 0.5) is 0 Å². The zero-order chi connectivity index (χ0) is 15.5. The van der Waals surface area contributed by atoms with Crippen molar-refractivity contribution in [2.75, 3.05) is 6.61 Å². The van der Waals surface area contributed by atoms with E-state index in [4.69, 9.17) is 4.74 Å². The zero-order valence-corrected chi connectivity index (χ0v) is 12.7. The van der Waals surface area contributed by atoms with Crippen molar-refractivity contribution in [3.8, 4) is 11.4 Å². The van der Waals surface area contributed by atoms with Crippen molar-refractivity contribution in [3.63, 3.8) is 0 Å². The van der Waals surface area contributed by atoms with Crippen LogP contribution in [0.25, 0.3) is 16.6 Å². The molecule has 2 aromatic carbocycles. The Labute approximate surface area is 129 Å². The molecule has 0 aliphatic heterocycles.